The summed E-state index contributed by atoms with van der Waals surface area (Å²) < 4.78 is 1.40. The predicted octanol–water partition coefficient (Wildman–Crippen LogP) is 3.44. The maximum Gasteiger partial charge on any atom is 0.0890 e. The Morgan fingerprint density at radius 3 is 2.07 bits per heavy atom. The summed E-state index contributed by atoms with van der Waals surface area (Å²) in [6, 6.07) is 0.948. The molecule has 0 aromatic carbocycles. The molecule has 1 nitrogen and oxygen atoms in total. The van der Waals surface area contributed by atoms with Crippen molar-refractivity contribution in [3.05, 3.63) is 0 Å². The zero-order chi connectivity index (χ0) is 10.6. The Kier molecular flexibility index (Phi) is 4.43. The minimum absolute atomic E-state index is 0.948. The van der Waals surface area contributed by atoms with E-state index in [9.17, 15) is 0 Å². The van der Waals surface area contributed by atoms with Crippen molar-refractivity contribution in [1.29, 1.82) is 0 Å². The van der Waals surface area contributed by atoms with Crippen LogP contribution in [0.5, 0.6) is 0 Å². The summed E-state index contributed by atoms with van der Waals surface area (Å²) in [5.41, 5.74) is 0. The topological polar surface area (TPSA) is 0 Å². The van der Waals surface area contributed by atoms with Gasteiger partial charge in [-0.25, -0.2) is 0 Å². The largest absolute Gasteiger partial charge is 0.322 e. The van der Waals surface area contributed by atoms with E-state index in [1.165, 1.54) is 49.8 Å². The van der Waals surface area contributed by atoms with Gasteiger partial charge in [0.25, 0.3) is 0 Å². The van der Waals surface area contributed by atoms with Crippen molar-refractivity contribution in [2.24, 2.45) is 5.92 Å². The van der Waals surface area contributed by atoms with E-state index in [0.717, 1.165) is 12.0 Å². The fourth-order valence-electron chi connectivity index (χ4n) is 3.33. The van der Waals surface area contributed by atoms with Crippen LogP contribution >= 0.6 is 0 Å². The smallest absolute Gasteiger partial charge is 0.0890 e. The molecule has 0 aromatic heterocycles. The number of likely N-dealkylation sites (tertiary alicyclic amines) is 1. The van der Waals surface area contributed by atoms with Crippen molar-refractivity contribution in [2.75, 3.05) is 19.6 Å². The molecule has 0 amide bonds. The maximum absolute atomic E-state index is 2.38. The first-order valence-corrected chi connectivity index (χ1v) is 6.58. The molecule has 1 aliphatic heterocycles. The van der Waals surface area contributed by atoms with Crippen molar-refractivity contribution in [2.45, 2.75) is 59.4 Å². The lowest BCUT2D eigenvalue weighted by molar-refractivity contribution is -0.954. The molecule has 0 spiro atoms. The summed E-state index contributed by atoms with van der Waals surface area (Å²) in [7, 11) is 0. The van der Waals surface area contributed by atoms with Crippen LogP contribution in [0.4, 0.5) is 0 Å². The van der Waals surface area contributed by atoms with Crippen molar-refractivity contribution < 1.29 is 4.48 Å². The van der Waals surface area contributed by atoms with E-state index in [0.29, 0.717) is 0 Å². The Labute approximate surface area is 90.1 Å². The first-order valence-electron chi connectivity index (χ1n) is 6.58. The second kappa shape index (κ2) is 5.16. The van der Waals surface area contributed by atoms with Gasteiger partial charge in [-0.1, -0.05) is 20.3 Å². The summed E-state index contributed by atoms with van der Waals surface area (Å²) in [5.74, 6) is 1.02. The number of rotatable bonds is 4. The molecule has 0 bridgehead atoms. The second-order valence-electron chi connectivity index (χ2n) is 4.94. The molecule has 0 radical (unpaired) electrons. The second-order valence-corrected chi connectivity index (χ2v) is 4.94. The lowest BCUT2D eigenvalue weighted by atomic mass is 9.85. The van der Waals surface area contributed by atoms with Crippen LogP contribution in [0.3, 0.4) is 0 Å². The Morgan fingerprint density at radius 2 is 1.64 bits per heavy atom. The molecule has 0 aliphatic carbocycles. The van der Waals surface area contributed by atoms with Gasteiger partial charge in [-0.05, 0) is 32.6 Å². The Balaban J connectivity index is 2.68. The summed E-state index contributed by atoms with van der Waals surface area (Å²) >= 11 is 0. The molecule has 0 aromatic rings. The lowest BCUT2D eigenvalue weighted by Crippen LogP contribution is -2.59. The van der Waals surface area contributed by atoms with Crippen LogP contribution in [0.15, 0.2) is 0 Å². The highest BCUT2D eigenvalue weighted by molar-refractivity contribution is 4.71. The summed E-state index contributed by atoms with van der Waals surface area (Å²) in [4.78, 5) is 0. The Bertz CT molecular complexity index is 161. The van der Waals surface area contributed by atoms with Gasteiger partial charge in [0.2, 0.25) is 0 Å². The molecular weight excluding hydrogens is 170 g/mol. The van der Waals surface area contributed by atoms with E-state index in [4.69, 9.17) is 0 Å². The number of quaternary nitrogens is 1. The van der Waals surface area contributed by atoms with E-state index in [1.54, 1.807) is 0 Å². The van der Waals surface area contributed by atoms with Gasteiger partial charge in [-0.15, -0.1) is 0 Å². The minimum Gasteiger partial charge on any atom is -0.322 e. The van der Waals surface area contributed by atoms with E-state index in [1.807, 2.05) is 0 Å². The third kappa shape index (κ3) is 2.13. The zero-order valence-electron chi connectivity index (χ0n) is 10.6. The van der Waals surface area contributed by atoms with E-state index >= 15 is 0 Å². The molecule has 1 fully saturated rings. The summed E-state index contributed by atoms with van der Waals surface area (Å²) in [5, 5.41) is 0. The van der Waals surface area contributed by atoms with Gasteiger partial charge in [-0.3, -0.25) is 0 Å². The quantitative estimate of drug-likeness (QED) is 0.607. The molecule has 2 unspecified atom stereocenters. The minimum atomic E-state index is 0.948. The van der Waals surface area contributed by atoms with Gasteiger partial charge < -0.3 is 4.48 Å². The van der Waals surface area contributed by atoms with Gasteiger partial charge in [0.05, 0.1) is 25.7 Å². The van der Waals surface area contributed by atoms with Crippen molar-refractivity contribution in [1.82, 2.24) is 0 Å². The average Bonchev–Trinajstić information content (AvgIpc) is 2.28. The highest BCUT2D eigenvalue weighted by Gasteiger charge is 2.38. The molecule has 0 N–H and O–H groups in total. The molecule has 2 atom stereocenters. The number of hydrogen-bond acceptors (Lipinski definition) is 0. The summed E-state index contributed by atoms with van der Waals surface area (Å²) in [6.07, 6.45) is 5.71. The van der Waals surface area contributed by atoms with Crippen molar-refractivity contribution in [3.8, 4) is 0 Å². The van der Waals surface area contributed by atoms with Crippen LogP contribution in [0.25, 0.3) is 0 Å². The highest BCUT2D eigenvalue weighted by Crippen LogP contribution is 2.32. The van der Waals surface area contributed by atoms with Crippen LogP contribution in [-0.2, 0) is 0 Å². The van der Waals surface area contributed by atoms with Gasteiger partial charge in [0, 0.05) is 6.42 Å². The third-order valence-electron chi connectivity index (χ3n) is 4.67. The molecule has 1 rings (SSSR count). The Hall–Kier alpha value is -0.0400. The van der Waals surface area contributed by atoms with Crippen LogP contribution in [0, 0.1) is 5.92 Å². The van der Waals surface area contributed by atoms with E-state index < -0.39 is 0 Å². The van der Waals surface area contributed by atoms with Crippen LogP contribution in [-0.4, -0.2) is 30.2 Å². The van der Waals surface area contributed by atoms with Crippen LogP contribution < -0.4 is 0 Å². The number of nitrogens with zero attached hydrogens (tertiary/aromatic N) is 1. The molecular formula is C13H28N+. The molecule has 1 heterocycles. The number of hydrogen-bond donors (Lipinski definition) is 0. The van der Waals surface area contributed by atoms with Crippen molar-refractivity contribution >= 4 is 0 Å². The van der Waals surface area contributed by atoms with Crippen molar-refractivity contribution in [3.63, 3.8) is 0 Å². The molecule has 1 heteroatoms. The number of piperidine rings is 1. The van der Waals surface area contributed by atoms with Gasteiger partial charge >= 0.3 is 0 Å². The Morgan fingerprint density at radius 1 is 1.00 bits per heavy atom. The van der Waals surface area contributed by atoms with Gasteiger partial charge in [0.15, 0.2) is 0 Å². The van der Waals surface area contributed by atoms with Crippen LogP contribution in [0.1, 0.15) is 53.4 Å². The van der Waals surface area contributed by atoms with Gasteiger partial charge in [-0.2, -0.15) is 0 Å². The van der Waals surface area contributed by atoms with E-state index in [2.05, 4.69) is 27.7 Å². The lowest BCUT2D eigenvalue weighted by Gasteiger charge is -2.48. The van der Waals surface area contributed by atoms with E-state index in [-0.39, 0.29) is 0 Å². The zero-order valence-corrected chi connectivity index (χ0v) is 10.6. The normalized spacial score (nSPS) is 31.7. The average molecular weight is 198 g/mol. The maximum atomic E-state index is 2.38. The summed E-state index contributed by atoms with van der Waals surface area (Å²) in [6.45, 7) is 13.6. The van der Waals surface area contributed by atoms with Crippen LogP contribution in [0.2, 0.25) is 0 Å². The monoisotopic (exact) mass is 198 g/mol. The molecule has 84 valence electrons. The molecule has 1 saturated heterocycles. The molecule has 14 heavy (non-hydrogen) atoms. The highest BCUT2D eigenvalue weighted by atomic mass is 15.4. The fraction of sp³-hybridized carbons (Fsp3) is 1.00. The molecule has 0 saturated carbocycles. The first-order chi connectivity index (χ1) is 6.72. The SMILES string of the molecule is CCC1CC[N+](CC)(CC)C(CC)C1. The van der Waals surface area contributed by atoms with Gasteiger partial charge in [0.1, 0.15) is 0 Å². The predicted molar refractivity (Wildman–Crippen MR) is 63.3 cm³/mol. The standard InChI is InChI=1S/C13H28N/c1-5-12-9-10-14(7-3,8-4)13(6-2)11-12/h12-13H,5-11H2,1-4H3/q+1. The third-order valence-corrected chi connectivity index (χ3v) is 4.67. The fourth-order valence-corrected chi connectivity index (χ4v) is 3.33. The molecule has 1 aliphatic rings. The first kappa shape index (κ1) is 12.0.